The second-order valence-corrected chi connectivity index (χ2v) is 3.52. The molecule has 0 aliphatic heterocycles. The van der Waals surface area contributed by atoms with Gasteiger partial charge in [-0.3, -0.25) is 0 Å². The molecule has 65 valence electrons. The number of rotatable bonds is 0. The Hall–Kier alpha value is -0.755. The third kappa shape index (κ3) is 22.8. The van der Waals surface area contributed by atoms with E-state index in [1.807, 2.05) is 57.2 Å². The zero-order chi connectivity index (χ0) is 8.74. The highest BCUT2D eigenvalue weighted by molar-refractivity contribution is 5.75. The predicted octanol–water partition coefficient (Wildman–Crippen LogP) is 2.05. The molecule has 0 aromatic heterocycles. The maximum Gasteiger partial charge on any atom is 0.00686 e. The van der Waals surface area contributed by atoms with Crippen molar-refractivity contribution in [1.29, 1.82) is 0 Å². The van der Waals surface area contributed by atoms with Crippen molar-refractivity contribution >= 4 is 8.41 Å². The van der Waals surface area contributed by atoms with Crippen LogP contribution in [0.5, 0.6) is 0 Å². The lowest BCUT2D eigenvalue weighted by molar-refractivity contribution is 0.580. The Bertz CT molecular complexity index is 134. The van der Waals surface area contributed by atoms with Gasteiger partial charge >= 0.3 is 0 Å². The quantitative estimate of drug-likeness (QED) is 0.580. The standard InChI is InChI=1S/C6H6.C4H11N.B/c1-2-4-6-5-3-1;1-4(2,3)5;/h1-6H;5H2,1-3H3;. The van der Waals surface area contributed by atoms with Gasteiger partial charge in [0, 0.05) is 14.0 Å². The van der Waals surface area contributed by atoms with E-state index in [1.54, 1.807) is 0 Å². The highest BCUT2D eigenvalue weighted by Crippen LogP contribution is 1.88. The number of hydrogen-bond donors (Lipinski definition) is 1. The van der Waals surface area contributed by atoms with E-state index in [1.165, 1.54) is 0 Å². The van der Waals surface area contributed by atoms with Crippen LogP contribution in [0.25, 0.3) is 0 Å². The maximum atomic E-state index is 5.35. The molecule has 3 radical (unpaired) electrons. The van der Waals surface area contributed by atoms with Crippen molar-refractivity contribution in [3.63, 3.8) is 0 Å². The van der Waals surface area contributed by atoms with Crippen molar-refractivity contribution in [1.82, 2.24) is 0 Å². The lowest BCUT2D eigenvalue weighted by Crippen LogP contribution is -2.26. The molecule has 0 unspecified atom stereocenters. The van der Waals surface area contributed by atoms with Crippen molar-refractivity contribution in [2.24, 2.45) is 5.73 Å². The van der Waals surface area contributed by atoms with Gasteiger partial charge in [0.2, 0.25) is 0 Å². The van der Waals surface area contributed by atoms with Gasteiger partial charge < -0.3 is 5.73 Å². The molecule has 0 aliphatic carbocycles. The largest absolute Gasteiger partial charge is 0.326 e. The van der Waals surface area contributed by atoms with Gasteiger partial charge in [-0.25, -0.2) is 0 Å². The van der Waals surface area contributed by atoms with Gasteiger partial charge in [0.1, 0.15) is 0 Å². The summed E-state index contributed by atoms with van der Waals surface area (Å²) in [6.07, 6.45) is 0. The average Bonchev–Trinajstić information content (AvgIpc) is 1.88. The zero-order valence-corrected chi connectivity index (χ0v) is 8.12. The average molecular weight is 162 g/mol. The normalized spacial score (nSPS) is 9.00. The summed E-state index contributed by atoms with van der Waals surface area (Å²) in [7, 11) is 0. The summed E-state index contributed by atoms with van der Waals surface area (Å²) in [6.45, 7) is 5.90. The Morgan fingerprint density at radius 3 is 0.917 bits per heavy atom. The first-order valence-electron chi connectivity index (χ1n) is 3.79. The molecule has 0 amide bonds. The Balaban J connectivity index is 0. The van der Waals surface area contributed by atoms with Gasteiger partial charge in [-0.2, -0.15) is 0 Å². The van der Waals surface area contributed by atoms with Crippen LogP contribution in [0.2, 0.25) is 0 Å². The Morgan fingerprint density at radius 2 is 0.833 bits per heavy atom. The molecular formula is C10H17BN. The molecule has 2 N–H and O–H groups in total. The smallest absolute Gasteiger partial charge is 0.00686 e. The van der Waals surface area contributed by atoms with Crippen molar-refractivity contribution < 1.29 is 0 Å². The summed E-state index contributed by atoms with van der Waals surface area (Å²) >= 11 is 0. The molecule has 0 heterocycles. The summed E-state index contributed by atoms with van der Waals surface area (Å²) in [5.41, 5.74) is 5.35. The minimum absolute atomic E-state index is 0. The van der Waals surface area contributed by atoms with Crippen molar-refractivity contribution in [3.05, 3.63) is 36.4 Å². The lowest BCUT2D eigenvalue weighted by atomic mass is 10.1. The molecule has 1 aromatic rings. The molecule has 1 rings (SSSR count). The highest BCUT2D eigenvalue weighted by Gasteiger charge is 1.95. The number of hydrogen-bond acceptors (Lipinski definition) is 1. The summed E-state index contributed by atoms with van der Waals surface area (Å²) in [6, 6.07) is 12.0. The van der Waals surface area contributed by atoms with Crippen LogP contribution in [-0.4, -0.2) is 14.0 Å². The number of nitrogens with two attached hydrogens (primary N) is 1. The first-order valence-corrected chi connectivity index (χ1v) is 3.79. The molecular weight excluding hydrogens is 145 g/mol. The zero-order valence-electron chi connectivity index (χ0n) is 8.12. The minimum Gasteiger partial charge on any atom is -0.326 e. The van der Waals surface area contributed by atoms with Gasteiger partial charge in [0.15, 0.2) is 0 Å². The van der Waals surface area contributed by atoms with Crippen LogP contribution in [0.15, 0.2) is 36.4 Å². The van der Waals surface area contributed by atoms with E-state index in [4.69, 9.17) is 5.73 Å². The van der Waals surface area contributed by atoms with Crippen LogP contribution in [0.4, 0.5) is 0 Å². The van der Waals surface area contributed by atoms with E-state index in [0.717, 1.165) is 0 Å². The highest BCUT2D eigenvalue weighted by atomic mass is 14.7. The van der Waals surface area contributed by atoms with E-state index in [0.29, 0.717) is 0 Å². The minimum atomic E-state index is 0. The van der Waals surface area contributed by atoms with E-state index in [2.05, 4.69) is 0 Å². The Kier molecular flexibility index (Phi) is 7.97. The fourth-order valence-electron chi connectivity index (χ4n) is 0.385. The van der Waals surface area contributed by atoms with E-state index >= 15 is 0 Å². The first-order chi connectivity index (χ1) is 5.00. The summed E-state index contributed by atoms with van der Waals surface area (Å²) < 4.78 is 0. The van der Waals surface area contributed by atoms with Crippen LogP contribution >= 0.6 is 0 Å². The number of benzene rings is 1. The third-order valence-electron chi connectivity index (χ3n) is 0.667. The van der Waals surface area contributed by atoms with Crippen LogP contribution in [0, 0.1) is 0 Å². The van der Waals surface area contributed by atoms with Gasteiger partial charge in [-0.15, -0.1) is 0 Å². The molecule has 1 nitrogen and oxygen atoms in total. The predicted molar refractivity (Wildman–Crippen MR) is 56.1 cm³/mol. The van der Waals surface area contributed by atoms with Crippen LogP contribution in [0.3, 0.4) is 0 Å². The van der Waals surface area contributed by atoms with Crippen LogP contribution < -0.4 is 5.73 Å². The molecule has 0 fully saturated rings. The summed E-state index contributed by atoms with van der Waals surface area (Å²) in [4.78, 5) is 0. The lowest BCUT2D eigenvalue weighted by Gasteiger charge is -2.06. The van der Waals surface area contributed by atoms with E-state index in [-0.39, 0.29) is 14.0 Å². The SMILES string of the molecule is CC(C)(C)N.[B].c1ccccc1. The van der Waals surface area contributed by atoms with E-state index in [9.17, 15) is 0 Å². The molecule has 0 spiro atoms. The topological polar surface area (TPSA) is 26.0 Å². The van der Waals surface area contributed by atoms with Gasteiger partial charge in [-0.05, 0) is 20.8 Å². The van der Waals surface area contributed by atoms with Crippen LogP contribution in [-0.2, 0) is 0 Å². The maximum absolute atomic E-state index is 5.35. The van der Waals surface area contributed by atoms with E-state index < -0.39 is 0 Å². The van der Waals surface area contributed by atoms with Gasteiger partial charge in [0.25, 0.3) is 0 Å². The summed E-state index contributed by atoms with van der Waals surface area (Å²) in [5.74, 6) is 0. The van der Waals surface area contributed by atoms with Crippen LogP contribution in [0.1, 0.15) is 20.8 Å². The van der Waals surface area contributed by atoms with Gasteiger partial charge in [0.05, 0.1) is 0 Å². The third-order valence-corrected chi connectivity index (χ3v) is 0.667. The van der Waals surface area contributed by atoms with Crippen molar-refractivity contribution in [2.75, 3.05) is 0 Å². The molecule has 0 saturated heterocycles. The summed E-state index contributed by atoms with van der Waals surface area (Å²) in [5, 5.41) is 0. The fraction of sp³-hybridized carbons (Fsp3) is 0.400. The second kappa shape index (κ2) is 6.92. The van der Waals surface area contributed by atoms with Crippen molar-refractivity contribution in [3.8, 4) is 0 Å². The second-order valence-electron chi connectivity index (χ2n) is 3.52. The molecule has 0 saturated carbocycles. The Labute approximate surface area is 77.6 Å². The molecule has 1 aromatic carbocycles. The van der Waals surface area contributed by atoms with Gasteiger partial charge in [-0.1, -0.05) is 36.4 Å². The first kappa shape index (κ1) is 13.8. The molecule has 2 heteroatoms. The molecule has 12 heavy (non-hydrogen) atoms. The molecule has 0 aliphatic rings. The Morgan fingerprint density at radius 1 is 0.750 bits per heavy atom. The fourth-order valence-corrected chi connectivity index (χ4v) is 0.385. The molecule has 0 atom stereocenters. The molecule has 0 bridgehead atoms. The monoisotopic (exact) mass is 162 g/mol. The van der Waals surface area contributed by atoms with Crippen molar-refractivity contribution in [2.45, 2.75) is 26.3 Å².